The van der Waals surface area contributed by atoms with Gasteiger partial charge in [-0.05, 0) is 37.5 Å². The first-order valence-corrected chi connectivity index (χ1v) is 11.2. The molecule has 0 fully saturated rings. The minimum atomic E-state index is -0.532. The molecule has 0 aromatic rings. The molecular weight excluding hydrogens is 352 g/mol. The van der Waals surface area contributed by atoms with Gasteiger partial charge in [0, 0.05) is 0 Å². The van der Waals surface area contributed by atoms with Crippen LogP contribution in [0.3, 0.4) is 0 Å². The number of carbonyl (C=O) groups is 2. The highest BCUT2D eigenvalue weighted by atomic mass is 16.5. The number of rotatable bonds is 15. The first kappa shape index (κ1) is 26.7. The van der Waals surface area contributed by atoms with Gasteiger partial charge in [-0.2, -0.15) is 0 Å². The predicted molar refractivity (Wildman–Crippen MR) is 116 cm³/mol. The highest BCUT2D eigenvalue weighted by molar-refractivity contribution is 5.81. The molecule has 0 rings (SSSR count). The largest absolute Gasteiger partial charge is 0.466 e. The fourth-order valence-corrected chi connectivity index (χ4v) is 3.56. The van der Waals surface area contributed by atoms with E-state index in [4.69, 9.17) is 9.47 Å². The summed E-state index contributed by atoms with van der Waals surface area (Å²) < 4.78 is 10.8. The van der Waals surface area contributed by atoms with Gasteiger partial charge in [-0.1, -0.05) is 78.9 Å². The molecule has 0 aromatic heterocycles. The molecule has 0 aliphatic carbocycles. The summed E-state index contributed by atoms with van der Waals surface area (Å²) in [5, 5.41) is 0. The van der Waals surface area contributed by atoms with E-state index >= 15 is 0 Å². The minimum absolute atomic E-state index is 0.0654. The zero-order valence-corrected chi connectivity index (χ0v) is 19.4. The number of carbonyl (C=O) groups excluding carboxylic acids is 2. The Kier molecular flexibility index (Phi) is 14.0. The summed E-state index contributed by atoms with van der Waals surface area (Å²) in [6.07, 6.45) is 9.22. The fraction of sp³-hybridized carbons (Fsp3) is 0.833. The third-order valence-electron chi connectivity index (χ3n) is 5.13. The third-order valence-corrected chi connectivity index (χ3v) is 5.13. The summed E-state index contributed by atoms with van der Waals surface area (Å²) >= 11 is 0. The smallest absolute Gasteiger partial charge is 0.310 e. The van der Waals surface area contributed by atoms with Gasteiger partial charge in [0.2, 0.25) is 0 Å². The molecule has 0 aliphatic heterocycles. The predicted octanol–water partition coefficient (Wildman–Crippen LogP) is 6.48. The lowest BCUT2D eigenvalue weighted by atomic mass is 9.75. The van der Waals surface area contributed by atoms with Gasteiger partial charge in [0.25, 0.3) is 0 Å². The lowest BCUT2D eigenvalue weighted by molar-refractivity contribution is -0.158. The van der Waals surface area contributed by atoms with Crippen molar-refractivity contribution in [1.82, 2.24) is 0 Å². The van der Waals surface area contributed by atoms with Crippen molar-refractivity contribution in [2.24, 2.45) is 17.3 Å². The monoisotopic (exact) mass is 396 g/mol. The molecule has 2 atom stereocenters. The molecule has 28 heavy (non-hydrogen) atoms. The maximum Gasteiger partial charge on any atom is 0.310 e. The molecule has 0 spiro atoms. The zero-order chi connectivity index (χ0) is 21.6. The van der Waals surface area contributed by atoms with Crippen LogP contribution in [-0.2, 0) is 19.1 Å². The normalized spacial score (nSPS) is 14.5. The number of hydrogen-bond donors (Lipinski definition) is 0. The van der Waals surface area contributed by atoms with E-state index in [2.05, 4.69) is 40.7 Å². The van der Waals surface area contributed by atoms with E-state index in [0.717, 1.165) is 32.1 Å². The first-order chi connectivity index (χ1) is 13.2. The Hall–Kier alpha value is -1.32. The summed E-state index contributed by atoms with van der Waals surface area (Å²) in [6, 6.07) is 0. The summed E-state index contributed by atoms with van der Waals surface area (Å²) in [6.45, 7) is 15.5. The molecule has 0 unspecified atom stereocenters. The van der Waals surface area contributed by atoms with Crippen molar-refractivity contribution in [3.63, 3.8) is 0 Å². The van der Waals surface area contributed by atoms with E-state index in [0.29, 0.717) is 19.1 Å². The molecule has 0 aliphatic rings. The van der Waals surface area contributed by atoms with Crippen LogP contribution >= 0.6 is 0 Å². The lowest BCUT2D eigenvalue weighted by Gasteiger charge is -2.30. The second-order valence-corrected chi connectivity index (χ2v) is 8.76. The average molecular weight is 397 g/mol. The van der Waals surface area contributed by atoms with Gasteiger partial charge in [0.1, 0.15) is 0 Å². The van der Waals surface area contributed by atoms with E-state index in [9.17, 15) is 9.59 Å². The highest BCUT2D eigenvalue weighted by Crippen LogP contribution is 2.35. The number of hydrogen-bond acceptors (Lipinski definition) is 4. The van der Waals surface area contributed by atoms with Crippen LogP contribution in [0.1, 0.15) is 99.8 Å². The number of unbranched alkanes of at least 4 members (excludes halogenated alkanes) is 2. The fourth-order valence-electron chi connectivity index (χ4n) is 3.56. The Morgan fingerprint density at radius 3 is 2.04 bits per heavy atom. The molecule has 0 saturated heterocycles. The lowest BCUT2D eigenvalue weighted by Crippen LogP contribution is -2.34. The van der Waals surface area contributed by atoms with Crippen molar-refractivity contribution in [2.45, 2.75) is 99.8 Å². The molecule has 164 valence electrons. The van der Waals surface area contributed by atoms with E-state index in [-0.39, 0.29) is 18.4 Å². The highest BCUT2D eigenvalue weighted by Gasteiger charge is 2.37. The Morgan fingerprint density at radius 2 is 1.50 bits per heavy atom. The van der Waals surface area contributed by atoms with Gasteiger partial charge < -0.3 is 9.47 Å². The van der Waals surface area contributed by atoms with Crippen molar-refractivity contribution in [3.05, 3.63) is 11.6 Å². The second-order valence-electron chi connectivity index (χ2n) is 8.76. The SMILES string of the molecule is CCCCOC(=O)C[C@H](C(=O)OCCCC)C(C)(C)/C=C(\C)C[C@@H](C)CCC. The van der Waals surface area contributed by atoms with E-state index < -0.39 is 11.3 Å². The molecular formula is C24H44O4. The molecule has 0 saturated carbocycles. The Balaban J connectivity index is 5.25. The molecule has 0 bridgehead atoms. The van der Waals surface area contributed by atoms with Gasteiger partial charge in [-0.15, -0.1) is 0 Å². The Bertz CT molecular complexity index is 479. The van der Waals surface area contributed by atoms with Gasteiger partial charge in [-0.3, -0.25) is 9.59 Å². The van der Waals surface area contributed by atoms with Crippen LogP contribution in [0.2, 0.25) is 0 Å². The van der Waals surface area contributed by atoms with Crippen LogP contribution in [0, 0.1) is 17.3 Å². The van der Waals surface area contributed by atoms with Crippen LogP contribution in [-0.4, -0.2) is 25.2 Å². The Labute approximate surface area is 173 Å². The van der Waals surface area contributed by atoms with Crippen LogP contribution in [0.4, 0.5) is 0 Å². The van der Waals surface area contributed by atoms with Crippen molar-refractivity contribution in [1.29, 1.82) is 0 Å². The van der Waals surface area contributed by atoms with Crippen molar-refractivity contribution >= 4 is 11.9 Å². The van der Waals surface area contributed by atoms with Crippen molar-refractivity contribution < 1.29 is 19.1 Å². The molecule has 0 heterocycles. The van der Waals surface area contributed by atoms with E-state index in [1.54, 1.807) is 0 Å². The second kappa shape index (κ2) is 14.6. The first-order valence-electron chi connectivity index (χ1n) is 11.2. The third kappa shape index (κ3) is 11.5. The zero-order valence-electron chi connectivity index (χ0n) is 19.4. The van der Waals surface area contributed by atoms with Gasteiger partial charge >= 0.3 is 11.9 Å². The molecule has 0 N–H and O–H groups in total. The summed E-state index contributed by atoms with van der Waals surface area (Å²) in [7, 11) is 0. The number of ether oxygens (including phenoxy) is 2. The van der Waals surface area contributed by atoms with Gasteiger partial charge in [-0.25, -0.2) is 0 Å². The summed E-state index contributed by atoms with van der Waals surface area (Å²) in [4.78, 5) is 25.1. The maximum absolute atomic E-state index is 12.8. The average Bonchev–Trinajstić information content (AvgIpc) is 2.59. The standard InChI is InChI=1S/C24H44O4/c1-8-11-14-27-22(25)17-21(23(26)28-15-12-9-2)24(6,7)18-20(5)16-19(4)13-10-3/h18-19,21H,8-17H2,1-7H3/b20-18+/t19-,21+/m0/s1. The van der Waals surface area contributed by atoms with Crippen LogP contribution < -0.4 is 0 Å². The molecule has 4 nitrogen and oxygen atoms in total. The molecule has 0 aromatic carbocycles. The van der Waals surface area contributed by atoms with Crippen molar-refractivity contribution in [2.75, 3.05) is 13.2 Å². The molecule has 0 amide bonds. The molecule has 4 heteroatoms. The number of allylic oxidation sites excluding steroid dienone is 2. The quantitative estimate of drug-likeness (QED) is 0.181. The van der Waals surface area contributed by atoms with Crippen LogP contribution in [0.5, 0.6) is 0 Å². The summed E-state index contributed by atoms with van der Waals surface area (Å²) in [5.41, 5.74) is 0.792. The van der Waals surface area contributed by atoms with Crippen molar-refractivity contribution in [3.8, 4) is 0 Å². The van der Waals surface area contributed by atoms with Crippen LogP contribution in [0.15, 0.2) is 11.6 Å². The minimum Gasteiger partial charge on any atom is -0.466 e. The number of esters is 2. The van der Waals surface area contributed by atoms with Gasteiger partial charge in [0.05, 0.1) is 25.6 Å². The Morgan fingerprint density at radius 1 is 0.929 bits per heavy atom. The topological polar surface area (TPSA) is 52.6 Å². The summed E-state index contributed by atoms with van der Waals surface area (Å²) in [5.74, 6) is -0.526. The maximum atomic E-state index is 12.8. The van der Waals surface area contributed by atoms with Gasteiger partial charge in [0.15, 0.2) is 0 Å². The molecule has 0 radical (unpaired) electrons. The van der Waals surface area contributed by atoms with E-state index in [1.165, 1.54) is 18.4 Å². The van der Waals surface area contributed by atoms with Crippen LogP contribution in [0.25, 0.3) is 0 Å². The van der Waals surface area contributed by atoms with E-state index in [1.807, 2.05) is 13.8 Å².